The molecule has 0 aliphatic carbocycles. The number of hydrogen-bond donors (Lipinski definition) is 2. The van der Waals surface area contributed by atoms with Gasteiger partial charge in [0, 0.05) is 18.7 Å². The van der Waals surface area contributed by atoms with E-state index in [0.29, 0.717) is 17.4 Å². The van der Waals surface area contributed by atoms with Gasteiger partial charge in [0.15, 0.2) is 0 Å². The number of aromatic nitrogens is 2. The Morgan fingerprint density at radius 1 is 1.64 bits per heavy atom. The first-order valence-corrected chi connectivity index (χ1v) is 4.40. The summed E-state index contributed by atoms with van der Waals surface area (Å²) in [5, 5.41) is 22.4. The summed E-state index contributed by atoms with van der Waals surface area (Å²) in [6, 6.07) is 4.04. The number of anilines is 1. The van der Waals surface area contributed by atoms with Crippen LogP contribution < -0.4 is 10.6 Å². The molecule has 0 spiro atoms. The van der Waals surface area contributed by atoms with E-state index in [0.717, 1.165) is 6.54 Å². The Hall–Kier alpha value is -1.67. The quantitative estimate of drug-likeness (QED) is 0.719. The molecule has 1 aromatic rings. The third-order valence-corrected chi connectivity index (χ3v) is 1.87. The summed E-state index contributed by atoms with van der Waals surface area (Å²) < 4.78 is 0. The van der Waals surface area contributed by atoms with Gasteiger partial charge in [-0.3, -0.25) is 0 Å². The maximum Gasteiger partial charge on any atom is 0.150 e. The molecule has 0 bridgehead atoms. The zero-order valence-corrected chi connectivity index (χ0v) is 8.28. The summed E-state index contributed by atoms with van der Waals surface area (Å²) in [7, 11) is 1.89. The van der Waals surface area contributed by atoms with Crippen molar-refractivity contribution >= 4 is 5.82 Å². The third kappa shape index (κ3) is 2.99. The summed E-state index contributed by atoms with van der Waals surface area (Å²) >= 11 is 0. The number of nitrogens with zero attached hydrogens (tertiary/aromatic N) is 3. The Balaban J connectivity index is 2.55. The summed E-state index contributed by atoms with van der Waals surface area (Å²) in [5.41, 5.74) is 0.514. The lowest BCUT2D eigenvalue weighted by Gasteiger charge is -2.10. The van der Waals surface area contributed by atoms with Gasteiger partial charge in [0.05, 0.1) is 11.8 Å². The fourth-order valence-corrected chi connectivity index (χ4v) is 0.874. The normalized spacial score (nSPS) is 11.8. The molecule has 1 atom stereocenters. The smallest absolute Gasteiger partial charge is 0.150 e. The topological polar surface area (TPSA) is 73.6 Å². The molecule has 14 heavy (non-hydrogen) atoms. The number of nitrogens with one attached hydrogen (secondary N) is 2. The first-order valence-electron chi connectivity index (χ1n) is 4.40. The van der Waals surface area contributed by atoms with Crippen LogP contribution in [0, 0.1) is 11.3 Å². The first kappa shape index (κ1) is 10.4. The van der Waals surface area contributed by atoms with Crippen LogP contribution in [-0.2, 0) is 0 Å². The fourth-order valence-electron chi connectivity index (χ4n) is 0.874. The molecule has 5 nitrogen and oxygen atoms in total. The van der Waals surface area contributed by atoms with Crippen LogP contribution in [0.5, 0.6) is 0 Å². The Morgan fingerprint density at radius 2 is 2.43 bits per heavy atom. The zero-order valence-electron chi connectivity index (χ0n) is 8.28. The van der Waals surface area contributed by atoms with Gasteiger partial charge in [0.25, 0.3) is 0 Å². The highest BCUT2D eigenvalue weighted by Crippen LogP contribution is 2.02. The van der Waals surface area contributed by atoms with Crippen molar-refractivity contribution in [2.24, 2.45) is 0 Å². The lowest BCUT2D eigenvalue weighted by Crippen LogP contribution is -2.29. The Morgan fingerprint density at radius 3 is 3.07 bits per heavy atom. The maximum atomic E-state index is 8.63. The molecule has 5 heteroatoms. The van der Waals surface area contributed by atoms with Gasteiger partial charge in [0.2, 0.25) is 0 Å². The van der Waals surface area contributed by atoms with Crippen molar-refractivity contribution in [1.29, 1.82) is 5.26 Å². The molecule has 1 heterocycles. The van der Waals surface area contributed by atoms with Crippen molar-refractivity contribution in [1.82, 2.24) is 15.5 Å². The van der Waals surface area contributed by atoms with Crippen molar-refractivity contribution in [2.45, 2.75) is 13.0 Å². The highest BCUT2D eigenvalue weighted by molar-refractivity contribution is 5.40. The van der Waals surface area contributed by atoms with E-state index in [4.69, 9.17) is 5.26 Å². The van der Waals surface area contributed by atoms with Crippen LogP contribution in [0.25, 0.3) is 0 Å². The van der Waals surface area contributed by atoms with E-state index in [9.17, 15) is 0 Å². The molecule has 1 aromatic heterocycles. The molecular weight excluding hydrogens is 178 g/mol. The van der Waals surface area contributed by atoms with E-state index in [1.165, 1.54) is 6.20 Å². The fraction of sp³-hybridized carbons (Fsp3) is 0.444. The SMILES string of the molecule is CNC(C)CNc1cc(C#N)cnn1. The molecule has 74 valence electrons. The summed E-state index contributed by atoms with van der Waals surface area (Å²) in [5.74, 6) is 0.631. The lowest BCUT2D eigenvalue weighted by atomic mass is 10.3. The second kappa shape index (κ2) is 5.14. The summed E-state index contributed by atoms with van der Waals surface area (Å²) in [6.45, 7) is 2.80. The molecule has 0 aromatic carbocycles. The van der Waals surface area contributed by atoms with Crippen LogP contribution in [0.4, 0.5) is 5.82 Å². The van der Waals surface area contributed by atoms with E-state index in [1.807, 2.05) is 13.1 Å². The van der Waals surface area contributed by atoms with Crippen molar-refractivity contribution in [3.05, 3.63) is 17.8 Å². The van der Waals surface area contributed by atoms with Crippen molar-refractivity contribution in [3.63, 3.8) is 0 Å². The van der Waals surface area contributed by atoms with E-state index >= 15 is 0 Å². The monoisotopic (exact) mass is 191 g/mol. The number of rotatable bonds is 4. The Bertz CT molecular complexity index is 330. The van der Waals surface area contributed by atoms with E-state index in [2.05, 4.69) is 27.8 Å². The van der Waals surface area contributed by atoms with Crippen molar-refractivity contribution in [3.8, 4) is 6.07 Å². The number of likely N-dealkylation sites (N-methyl/N-ethyl adjacent to an activating group) is 1. The minimum absolute atomic E-state index is 0.350. The second-order valence-electron chi connectivity index (χ2n) is 3.01. The van der Waals surface area contributed by atoms with Crippen molar-refractivity contribution < 1.29 is 0 Å². The maximum absolute atomic E-state index is 8.63. The standard InChI is InChI=1S/C9H13N5/c1-7(11-2)5-12-9-3-8(4-10)6-13-14-9/h3,6-7,11H,5H2,1-2H3,(H,12,14). The van der Waals surface area contributed by atoms with Crippen LogP contribution in [0.2, 0.25) is 0 Å². The highest BCUT2D eigenvalue weighted by Gasteiger charge is 2.00. The van der Waals surface area contributed by atoms with Crippen molar-refractivity contribution in [2.75, 3.05) is 18.9 Å². The zero-order chi connectivity index (χ0) is 10.4. The third-order valence-electron chi connectivity index (χ3n) is 1.87. The Labute approximate surface area is 83.2 Å². The molecule has 0 radical (unpaired) electrons. The van der Waals surface area contributed by atoms with Gasteiger partial charge < -0.3 is 10.6 Å². The number of nitriles is 1. The minimum Gasteiger partial charge on any atom is -0.367 e. The summed E-state index contributed by atoms with van der Waals surface area (Å²) in [6.07, 6.45) is 1.44. The predicted molar refractivity (Wildman–Crippen MR) is 53.8 cm³/mol. The molecule has 0 fully saturated rings. The van der Waals surface area contributed by atoms with E-state index < -0.39 is 0 Å². The van der Waals surface area contributed by atoms with Gasteiger partial charge in [-0.1, -0.05) is 0 Å². The van der Waals surface area contributed by atoms with Gasteiger partial charge >= 0.3 is 0 Å². The van der Waals surface area contributed by atoms with Gasteiger partial charge in [-0.05, 0) is 14.0 Å². The van der Waals surface area contributed by atoms with Crippen LogP contribution in [0.1, 0.15) is 12.5 Å². The predicted octanol–water partition coefficient (Wildman–Crippen LogP) is 0.368. The largest absolute Gasteiger partial charge is 0.367 e. The molecule has 1 unspecified atom stereocenters. The molecule has 0 saturated heterocycles. The molecule has 0 amide bonds. The molecule has 2 N–H and O–H groups in total. The van der Waals surface area contributed by atoms with E-state index in [-0.39, 0.29) is 0 Å². The molecule has 0 saturated carbocycles. The molecule has 1 rings (SSSR count). The average Bonchev–Trinajstić information content (AvgIpc) is 2.26. The molecular formula is C9H13N5. The van der Waals surface area contributed by atoms with Crippen LogP contribution in [0.15, 0.2) is 12.3 Å². The second-order valence-corrected chi connectivity index (χ2v) is 3.01. The van der Waals surface area contributed by atoms with Gasteiger partial charge in [-0.2, -0.15) is 10.4 Å². The Kier molecular flexibility index (Phi) is 3.83. The molecule has 0 aliphatic heterocycles. The number of hydrogen-bond acceptors (Lipinski definition) is 5. The lowest BCUT2D eigenvalue weighted by molar-refractivity contribution is 0.636. The van der Waals surface area contributed by atoms with E-state index in [1.54, 1.807) is 6.07 Å². The van der Waals surface area contributed by atoms with Crippen LogP contribution >= 0.6 is 0 Å². The summed E-state index contributed by atoms with van der Waals surface area (Å²) in [4.78, 5) is 0. The van der Waals surface area contributed by atoms with Gasteiger partial charge in [-0.15, -0.1) is 5.10 Å². The highest BCUT2D eigenvalue weighted by atomic mass is 15.2. The molecule has 0 aliphatic rings. The first-order chi connectivity index (χ1) is 6.76. The van der Waals surface area contributed by atoms with Crippen LogP contribution in [0.3, 0.4) is 0 Å². The average molecular weight is 191 g/mol. The van der Waals surface area contributed by atoms with Gasteiger partial charge in [0.1, 0.15) is 11.9 Å². The van der Waals surface area contributed by atoms with Crippen LogP contribution in [-0.4, -0.2) is 29.8 Å². The van der Waals surface area contributed by atoms with Gasteiger partial charge in [-0.25, -0.2) is 0 Å². The minimum atomic E-state index is 0.350.